The van der Waals surface area contributed by atoms with Crippen LogP contribution in [0, 0.1) is 13.8 Å². The summed E-state index contributed by atoms with van der Waals surface area (Å²) in [6.45, 7) is 5.44. The molecule has 2 aromatic rings. The molecule has 0 aliphatic heterocycles. The van der Waals surface area contributed by atoms with Crippen LogP contribution in [-0.4, -0.2) is 18.0 Å². The van der Waals surface area contributed by atoms with Crippen LogP contribution in [0.2, 0.25) is 0 Å². The van der Waals surface area contributed by atoms with Gasteiger partial charge in [-0.15, -0.1) is 0 Å². The van der Waals surface area contributed by atoms with Crippen molar-refractivity contribution >= 4 is 22.8 Å². The predicted molar refractivity (Wildman–Crippen MR) is 74.1 cm³/mol. The van der Waals surface area contributed by atoms with Gasteiger partial charge in [0.1, 0.15) is 5.58 Å². The zero-order chi connectivity index (χ0) is 14.9. The van der Waals surface area contributed by atoms with Gasteiger partial charge in [0, 0.05) is 10.9 Å². The van der Waals surface area contributed by atoms with Crippen molar-refractivity contribution in [3.63, 3.8) is 0 Å². The highest BCUT2D eigenvalue weighted by molar-refractivity contribution is 5.88. The number of furan rings is 1. The summed E-state index contributed by atoms with van der Waals surface area (Å²) in [5.74, 6) is -1.17. The molecule has 20 heavy (non-hydrogen) atoms. The van der Waals surface area contributed by atoms with E-state index >= 15 is 0 Å². The van der Waals surface area contributed by atoms with E-state index < -0.39 is 18.0 Å². The van der Waals surface area contributed by atoms with Crippen molar-refractivity contribution in [2.45, 2.75) is 33.3 Å². The Morgan fingerprint density at radius 1 is 1.30 bits per heavy atom. The van der Waals surface area contributed by atoms with Gasteiger partial charge in [0.05, 0.1) is 12.7 Å². The molecule has 1 heterocycles. The number of primary amides is 1. The Balaban J connectivity index is 2.20. The minimum absolute atomic E-state index is 0.0487. The van der Waals surface area contributed by atoms with E-state index in [2.05, 4.69) is 0 Å². The normalized spacial score (nSPS) is 12.3. The van der Waals surface area contributed by atoms with Gasteiger partial charge in [0.25, 0.3) is 5.91 Å². The standard InChI is InChI=1S/C15H17NO4/c1-8-4-12-11(7-19-13(12)5-9(8)2)6-14(17)20-10(3)15(16)18/h4-5,7,10H,6H2,1-3H3,(H2,16,18). The van der Waals surface area contributed by atoms with Crippen LogP contribution in [0.3, 0.4) is 0 Å². The SMILES string of the molecule is Cc1cc2occ(CC(=O)OC(C)C(N)=O)c2cc1C. The number of benzene rings is 1. The summed E-state index contributed by atoms with van der Waals surface area (Å²) in [5, 5.41) is 0.886. The summed E-state index contributed by atoms with van der Waals surface area (Å²) in [6.07, 6.45) is 0.664. The molecule has 0 aliphatic carbocycles. The molecular formula is C15H17NO4. The molecule has 5 nitrogen and oxygen atoms in total. The van der Waals surface area contributed by atoms with E-state index in [0.717, 1.165) is 27.7 Å². The number of amides is 1. The Morgan fingerprint density at radius 3 is 2.60 bits per heavy atom. The highest BCUT2D eigenvalue weighted by Crippen LogP contribution is 2.25. The number of carbonyl (C=O) groups excluding carboxylic acids is 2. The lowest BCUT2D eigenvalue weighted by Gasteiger charge is -2.08. The van der Waals surface area contributed by atoms with Crippen LogP contribution in [0.5, 0.6) is 0 Å². The molecule has 1 unspecified atom stereocenters. The number of nitrogens with two attached hydrogens (primary N) is 1. The van der Waals surface area contributed by atoms with Crippen molar-refractivity contribution in [2.75, 3.05) is 0 Å². The molecule has 106 valence electrons. The number of esters is 1. The zero-order valence-electron chi connectivity index (χ0n) is 11.7. The number of rotatable bonds is 4. The molecule has 5 heteroatoms. The number of ether oxygens (including phenoxy) is 1. The Hall–Kier alpha value is -2.30. The van der Waals surface area contributed by atoms with E-state index in [1.807, 2.05) is 26.0 Å². The van der Waals surface area contributed by atoms with Gasteiger partial charge in [-0.25, -0.2) is 0 Å². The predicted octanol–water partition coefficient (Wildman–Crippen LogP) is 2.01. The lowest BCUT2D eigenvalue weighted by Crippen LogP contribution is -2.30. The van der Waals surface area contributed by atoms with Gasteiger partial charge in [0.15, 0.2) is 6.10 Å². The fourth-order valence-corrected chi connectivity index (χ4v) is 1.93. The quantitative estimate of drug-likeness (QED) is 0.865. The van der Waals surface area contributed by atoms with E-state index in [9.17, 15) is 9.59 Å². The zero-order valence-corrected chi connectivity index (χ0v) is 11.7. The Kier molecular flexibility index (Phi) is 3.79. The van der Waals surface area contributed by atoms with Crippen molar-refractivity contribution < 1.29 is 18.7 Å². The van der Waals surface area contributed by atoms with Crippen molar-refractivity contribution in [3.8, 4) is 0 Å². The molecule has 0 spiro atoms. The van der Waals surface area contributed by atoms with Gasteiger partial charge in [0.2, 0.25) is 0 Å². The van der Waals surface area contributed by atoms with Crippen LogP contribution < -0.4 is 5.73 Å². The number of hydrogen-bond acceptors (Lipinski definition) is 4. The lowest BCUT2D eigenvalue weighted by molar-refractivity contribution is -0.153. The fourth-order valence-electron chi connectivity index (χ4n) is 1.93. The van der Waals surface area contributed by atoms with Crippen LogP contribution in [0.1, 0.15) is 23.6 Å². The second-order valence-electron chi connectivity index (χ2n) is 4.90. The average molecular weight is 275 g/mol. The van der Waals surface area contributed by atoms with Gasteiger partial charge in [-0.1, -0.05) is 0 Å². The largest absolute Gasteiger partial charge is 0.464 e. The van der Waals surface area contributed by atoms with Gasteiger partial charge >= 0.3 is 5.97 Å². The van der Waals surface area contributed by atoms with Gasteiger partial charge in [-0.3, -0.25) is 9.59 Å². The molecule has 2 N–H and O–H groups in total. The second kappa shape index (κ2) is 5.36. The van der Waals surface area contributed by atoms with E-state index in [0.29, 0.717) is 0 Å². The summed E-state index contributed by atoms with van der Waals surface area (Å²) in [4.78, 5) is 22.6. The third kappa shape index (κ3) is 2.82. The highest BCUT2D eigenvalue weighted by Gasteiger charge is 2.17. The lowest BCUT2D eigenvalue weighted by atomic mass is 10.0. The van der Waals surface area contributed by atoms with Gasteiger partial charge < -0.3 is 14.9 Å². The van der Waals surface area contributed by atoms with Crippen LogP contribution in [0.4, 0.5) is 0 Å². The molecule has 1 amide bonds. The third-order valence-corrected chi connectivity index (χ3v) is 3.31. The molecule has 1 aromatic carbocycles. The van der Waals surface area contributed by atoms with E-state index in [1.165, 1.54) is 6.92 Å². The van der Waals surface area contributed by atoms with Crippen molar-refractivity contribution in [2.24, 2.45) is 5.73 Å². The number of carbonyl (C=O) groups is 2. The summed E-state index contributed by atoms with van der Waals surface area (Å²) in [7, 11) is 0. The Labute approximate surface area is 116 Å². The highest BCUT2D eigenvalue weighted by atomic mass is 16.5. The molecule has 0 saturated heterocycles. The Bertz CT molecular complexity index is 672. The molecule has 0 aliphatic rings. The van der Waals surface area contributed by atoms with E-state index in [4.69, 9.17) is 14.9 Å². The summed E-state index contributed by atoms with van der Waals surface area (Å²) in [6, 6.07) is 3.92. The first-order valence-corrected chi connectivity index (χ1v) is 6.34. The number of aryl methyl sites for hydroxylation is 2. The molecule has 0 bridgehead atoms. The first kappa shape index (κ1) is 14.1. The summed E-state index contributed by atoms with van der Waals surface area (Å²) < 4.78 is 10.4. The van der Waals surface area contributed by atoms with Crippen LogP contribution in [-0.2, 0) is 20.7 Å². The fraction of sp³-hybridized carbons (Fsp3) is 0.333. The minimum atomic E-state index is -0.926. The van der Waals surface area contributed by atoms with Crippen molar-refractivity contribution in [3.05, 3.63) is 35.1 Å². The average Bonchev–Trinajstić information content (AvgIpc) is 2.72. The molecule has 0 fully saturated rings. The van der Waals surface area contributed by atoms with Crippen molar-refractivity contribution in [1.29, 1.82) is 0 Å². The summed E-state index contributed by atoms with van der Waals surface area (Å²) >= 11 is 0. The van der Waals surface area contributed by atoms with E-state index in [1.54, 1.807) is 6.26 Å². The van der Waals surface area contributed by atoms with Gasteiger partial charge in [-0.2, -0.15) is 0 Å². The maximum absolute atomic E-state index is 11.7. The molecular weight excluding hydrogens is 258 g/mol. The first-order valence-electron chi connectivity index (χ1n) is 6.34. The Morgan fingerprint density at radius 2 is 1.95 bits per heavy atom. The second-order valence-corrected chi connectivity index (χ2v) is 4.90. The molecule has 1 aromatic heterocycles. The maximum atomic E-state index is 11.7. The van der Waals surface area contributed by atoms with Gasteiger partial charge in [-0.05, 0) is 44.0 Å². The molecule has 0 radical (unpaired) electrons. The smallest absolute Gasteiger partial charge is 0.311 e. The molecule has 1 atom stereocenters. The third-order valence-electron chi connectivity index (χ3n) is 3.31. The van der Waals surface area contributed by atoms with Crippen LogP contribution in [0.25, 0.3) is 11.0 Å². The van der Waals surface area contributed by atoms with Crippen LogP contribution in [0.15, 0.2) is 22.8 Å². The van der Waals surface area contributed by atoms with E-state index in [-0.39, 0.29) is 6.42 Å². The first-order chi connectivity index (χ1) is 9.38. The maximum Gasteiger partial charge on any atom is 0.311 e. The molecule has 2 rings (SSSR count). The topological polar surface area (TPSA) is 82.5 Å². The number of fused-ring (bicyclic) bond motifs is 1. The number of hydrogen-bond donors (Lipinski definition) is 1. The summed E-state index contributed by atoms with van der Waals surface area (Å²) in [5.41, 5.74) is 8.78. The monoisotopic (exact) mass is 275 g/mol. The molecule has 0 saturated carbocycles. The van der Waals surface area contributed by atoms with Crippen LogP contribution >= 0.6 is 0 Å². The van der Waals surface area contributed by atoms with Crippen molar-refractivity contribution in [1.82, 2.24) is 0 Å². The minimum Gasteiger partial charge on any atom is -0.464 e.